The van der Waals surface area contributed by atoms with Crippen LogP contribution in [0.4, 0.5) is 0 Å². The predicted octanol–water partition coefficient (Wildman–Crippen LogP) is 2.63. The van der Waals surface area contributed by atoms with Gasteiger partial charge in [-0.2, -0.15) is 0 Å². The minimum Gasteiger partial charge on any atom is -0.338 e. The summed E-state index contributed by atoms with van der Waals surface area (Å²) in [5.41, 5.74) is 2.62. The quantitative estimate of drug-likeness (QED) is 0.914. The van der Waals surface area contributed by atoms with Crippen LogP contribution < -0.4 is 4.72 Å². The summed E-state index contributed by atoms with van der Waals surface area (Å²) in [7, 11) is -3.69. The molecule has 0 bridgehead atoms. The van der Waals surface area contributed by atoms with Crippen LogP contribution in [0.1, 0.15) is 36.6 Å². The molecule has 0 fully saturated rings. The van der Waals surface area contributed by atoms with Gasteiger partial charge in [0.1, 0.15) is 0 Å². The lowest BCUT2D eigenvalue weighted by atomic mass is 10.00. The largest absolute Gasteiger partial charge is 0.338 e. The van der Waals surface area contributed by atoms with E-state index in [9.17, 15) is 13.2 Å². The molecule has 0 saturated heterocycles. The maximum atomic E-state index is 12.9. The number of fused-ring (bicyclic) bond motifs is 1. The molecule has 1 amide bonds. The first-order valence-electron chi connectivity index (χ1n) is 8.32. The van der Waals surface area contributed by atoms with Crippen LogP contribution in [0.15, 0.2) is 53.4 Å². The summed E-state index contributed by atoms with van der Waals surface area (Å²) in [6.45, 7) is 4.29. The van der Waals surface area contributed by atoms with Crippen molar-refractivity contribution in [1.82, 2.24) is 9.62 Å². The molecule has 5 nitrogen and oxygen atoms in total. The van der Waals surface area contributed by atoms with E-state index in [-0.39, 0.29) is 16.8 Å². The van der Waals surface area contributed by atoms with Gasteiger partial charge in [-0.15, -0.1) is 0 Å². The second-order valence-corrected chi connectivity index (χ2v) is 8.02. The Hall–Kier alpha value is -2.18. The maximum absolute atomic E-state index is 12.9. The summed E-state index contributed by atoms with van der Waals surface area (Å²) in [6.07, 6.45) is 0.673. The van der Waals surface area contributed by atoms with E-state index < -0.39 is 10.0 Å². The van der Waals surface area contributed by atoms with Gasteiger partial charge in [-0.1, -0.05) is 42.5 Å². The van der Waals surface area contributed by atoms with Gasteiger partial charge >= 0.3 is 0 Å². The highest BCUT2D eigenvalue weighted by molar-refractivity contribution is 7.89. The number of amides is 1. The maximum Gasteiger partial charge on any atom is 0.241 e. The fourth-order valence-corrected chi connectivity index (χ4v) is 4.68. The lowest BCUT2D eigenvalue weighted by Gasteiger charge is -2.29. The summed E-state index contributed by atoms with van der Waals surface area (Å²) in [6, 6.07) is 14.4. The van der Waals surface area contributed by atoms with Crippen molar-refractivity contribution in [3.05, 3.63) is 65.2 Å². The third kappa shape index (κ3) is 3.75. The van der Waals surface area contributed by atoms with Crippen LogP contribution in [-0.4, -0.2) is 25.8 Å². The van der Waals surface area contributed by atoms with E-state index in [4.69, 9.17) is 0 Å². The average molecular weight is 358 g/mol. The molecular weight excluding hydrogens is 336 g/mol. The fourth-order valence-electron chi connectivity index (χ4n) is 3.18. The second kappa shape index (κ2) is 6.98. The van der Waals surface area contributed by atoms with E-state index in [1.54, 1.807) is 17.0 Å². The van der Waals surface area contributed by atoms with Crippen molar-refractivity contribution in [3.8, 4) is 0 Å². The zero-order valence-corrected chi connectivity index (χ0v) is 15.2. The minimum absolute atomic E-state index is 0.0385. The molecule has 1 N–H and O–H groups in total. The first kappa shape index (κ1) is 17.6. The number of hydrogen-bond acceptors (Lipinski definition) is 3. The highest BCUT2D eigenvalue weighted by atomic mass is 32.2. The first-order valence-corrected chi connectivity index (χ1v) is 9.80. The van der Waals surface area contributed by atoms with Crippen LogP contribution in [0, 0.1) is 0 Å². The highest BCUT2D eigenvalue weighted by Gasteiger charge is 2.27. The van der Waals surface area contributed by atoms with Gasteiger partial charge in [0.05, 0.1) is 4.90 Å². The normalized spacial score (nSPS) is 15.5. The van der Waals surface area contributed by atoms with Gasteiger partial charge in [-0.3, -0.25) is 4.79 Å². The standard InChI is InChI=1S/C19H22N2O3S/c1-14(16-7-4-3-5-8-16)20-25(23,24)19-10-6-9-17-11-12-21(15(2)22)13-18(17)19/h3-10,14,20H,11-13H2,1-2H3. The number of rotatable bonds is 4. The number of nitrogens with zero attached hydrogens (tertiary/aromatic N) is 1. The molecule has 6 heteroatoms. The van der Waals surface area contributed by atoms with E-state index in [0.717, 1.165) is 16.7 Å². The molecule has 0 saturated carbocycles. The molecule has 0 aromatic heterocycles. The Balaban J connectivity index is 1.92. The molecule has 3 rings (SSSR count). The smallest absolute Gasteiger partial charge is 0.241 e. The summed E-state index contributed by atoms with van der Waals surface area (Å²) >= 11 is 0. The SMILES string of the molecule is CC(=O)N1CCc2cccc(S(=O)(=O)NC(C)c3ccccc3)c2C1. The van der Waals surface area contributed by atoms with Crippen molar-refractivity contribution in [3.63, 3.8) is 0 Å². The summed E-state index contributed by atoms with van der Waals surface area (Å²) < 4.78 is 28.7. The molecule has 132 valence electrons. The molecule has 0 spiro atoms. The molecule has 1 aliphatic heterocycles. The van der Waals surface area contributed by atoms with Gasteiger partial charge in [0.2, 0.25) is 15.9 Å². The van der Waals surface area contributed by atoms with Crippen LogP contribution in [0.2, 0.25) is 0 Å². The lowest BCUT2D eigenvalue weighted by Crippen LogP contribution is -2.36. The molecule has 25 heavy (non-hydrogen) atoms. The third-order valence-electron chi connectivity index (χ3n) is 4.60. The van der Waals surface area contributed by atoms with Crippen molar-refractivity contribution < 1.29 is 13.2 Å². The topological polar surface area (TPSA) is 66.5 Å². The molecule has 2 aromatic rings. The number of carbonyl (C=O) groups is 1. The van der Waals surface area contributed by atoms with E-state index >= 15 is 0 Å². The second-order valence-electron chi connectivity index (χ2n) is 6.34. The molecule has 0 aliphatic carbocycles. The Kier molecular flexibility index (Phi) is 4.92. The monoisotopic (exact) mass is 358 g/mol. The summed E-state index contributed by atoms with van der Waals surface area (Å²) in [4.78, 5) is 13.6. The van der Waals surface area contributed by atoms with Gasteiger partial charge in [-0.05, 0) is 36.1 Å². The van der Waals surface area contributed by atoms with Crippen LogP contribution in [-0.2, 0) is 27.8 Å². The number of benzene rings is 2. The Morgan fingerprint density at radius 3 is 2.52 bits per heavy atom. The van der Waals surface area contributed by atoms with E-state index in [2.05, 4.69) is 4.72 Å². The molecule has 1 unspecified atom stereocenters. The minimum atomic E-state index is -3.69. The van der Waals surface area contributed by atoms with Gasteiger partial charge < -0.3 is 4.90 Å². The van der Waals surface area contributed by atoms with Gasteiger partial charge in [0.15, 0.2) is 0 Å². The Bertz CT molecular complexity index is 879. The van der Waals surface area contributed by atoms with E-state index in [0.29, 0.717) is 19.5 Å². The van der Waals surface area contributed by atoms with Crippen molar-refractivity contribution in [1.29, 1.82) is 0 Å². The van der Waals surface area contributed by atoms with E-state index in [1.165, 1.54) is 6.92 Å². The number of sulfonamides is 1. The van der Waals surface area contributed by atoms with Gasteiger partial charge in [-0.25, -0.2) is 13.1 Å². The lowest BCUT2D eigenvalue weighted by molar-refractivity contribution is -0.129. The Labute approximate surface area is 148 Å². The van der Waals surface area contributed by atoms with Crippen molar-refractivity contribution in [2.24, 2.45) is 0 Å². The molecular formula is C19H22N2O3S. The fraction of sp³-hybridized carbons (Fsp3) is 0.316. The third-order valence-corrected chi connectivity index (χ3v) is 6.22. The van der Waals surface area contributed by atoms with Crippen molar-refractivity contribution in [2.45, 2.75) is 37.8 Å². The predicted molar refractivity (Wildman–Crippen MR) is 96.4 cm³/mol. The molecule has 2 aromatic carbocycles. The Morgan fingerprint density at radius 2 is 1.84 bits per heavy atom. The van der Waals surface area contributed by atoms with Crippen LogP contribution in [0.25, 0.3) is 0 Å². The van der Waals surface area contributed by atoms with E-state index in [1.807, 2.05) is 43.3 Å². The number of hydrogen-bond donors (Lipinski definition) is 1. The molecule has 1 aliphatic rings. The van der Waals surface area contributed by atoms with Crippen LogP contribution in [0.3, 0.4) is 0 Å². The van der Waals surface area contributed by atoms with Crippen LogP contribution >= 0.6 is 0 Å². The molecule has 1 heterocycles. The Morgan fingerprint density at radius 1 is 1.12 bits per heavy atom. The van der Waals surface area contributed by atoms with Crippen LogP contribution in [0.5, 0.6) is 0 Å². The number of nitrogens with one attached hydrogen (secondary N) is 1. The molecule has 1 atom stereocenters. The first-order chi connectivity index (χ1) is 11.9. The summed E-state index contributed by atoms with van der Waals surface area (Å²) in [5, 5.41) is 0. The van der Waals surface area contributed by atoms with Crippen molar-refractivity contribution in [2.75, 3.05) is 6.54 Å². The van der Waals surface area contributed by atoms with Gasteiger partial charge in [0, 0.05) is 26.1 Å². The zero-order chi connectivity index (χ0) is 18.0. The molecule has 0 radical (unpaired) electrons. The zero-order valence-electron chi connectivity index (χ0n) is 14.4. The average Bonchev–Trinajstić information content (AvgIpc) is 2.61. The summed E-state index contributed by atoms with van der Waals surface area (Å²) in [5.74, 6) is -0.0385. The van der Waals surface area contributed by atoms with Gasteiger partial charge in [0.25, 0.3) is 0 Å². The van der Waals surface area contributed by atoms with Crippen molar-refractivity contribution >= 4 is 15.9 Å². The highest BCUT2D eigenvalue weighted by Crippen LogP contribution is 2.27. The number of carbonyl (C=O) groups excluding carboxylic acids is 1.